The summed E-state index contributed by atoms with van der Waals surface area (Å²) >= 11 is 1.09. The Bertz CT molecular complexity index is 1110. The highest BCUT2D eigenvalue weighted by atomic mass is 32.1. The van der Waals surface area contributed by atoms with E-state index < -0.39 is 5.97 Å². The highest BCUT2D eigenvalue weighted by Gasteiger charge is 2.21. The van der Waals surface area contributed by atoms with E-state index >= 15 is 0 Å². The Morgan fingerprint density at radius 3 is 2.68 bits per heavy atom. The molecule has 1 amide bonds. The number of hydrogen-bond acceptors (Lipinski definition) is 8. The van der Waals surface area contributed by atoms with Gasteiger partial charge in [0, 0.05) is 13.7 Å². The number of aryl methyl sites for hydroxylation is 1. The van der Waals surface area contributed by atoms with Gasteiger partial charge in [-0.2, -0.15) is 0 Å². The molecule has 0 bridgehead atoms. The van der Waals surface area contributed by atoms with Crippen LogP contribution in [-0.4, -0.2) is 54.9 Å². The average Bonchev–Trinajstić information content (AvgIpc) is 3.11. The predicted molar refractivity (Wildman–Crippen MR) is 116 cm³/mol. The molecule has 3 rings (SSSR count). The fourth-order valence-corrected chi connectivity index (χ4v) is 3.88. The maximum Gasteiger partial charge on any atom is 0.348 e. The Morgan fingerprint density at radius 1 is 1.16 bits per heavy atom. The van der Waals surface area contributed by atoms with E-state index in [0.717, 1.165) is 11.3 Å². The number of para-hydroxylation sites is 1. The maximum atomic E-state index is 12.8. The molecule has 0 fully saturated rings. The monoisotopic (exact) mass is 445 g/mol. The second-order valence-corrected chi connectivity index (χ2v) is 7.55. The zero-order chi connectivity index (χ0) is 22.2. The lowest BCUT2D eigenvalue weighted by atomic mass is 10.2. The molecule has 1 aromatic carbocycles. The maximum absolute atomic E-state index is 12.8. The molecule has 2 aromatic heterocycles. The first kappa shape index (κ1) is 22.4. The number of ether oxygens (including phenoxy) is 3. The molecule has 0 saturated carbocycles. The molecule has 0 saturated heterocycles. The fraction of sp³-hybridized carbons (Fsp3) is 0.333. The van der Waals surface area contributed by atoms with Crippen LogP contribution in [0.4, 0.5) is 0 Å². The van der Waals surface area contributed by atoms with Crippen LogP contribution in [0.3, 0.4) is 0 Å². The normalized spacial score (nSPS) is 10.8. The molecule has 3 aromatic rings. The molecule has 0 aliphatic rings. The van der Waals surface area contributed by atoms with Crippen molar-refractivity contribution in [2.45, 2.75) is 13.5 Å². The van der Waals surface area contributed by atoms with Crippen molar-refractivity contribution in [1.29, 1.82) is 0 Å². The van der Waals surface area contributed by atoms with E-state index in [4.69, 9.17) is 14.2 Å². The van der Waals surface area contributed by atoms with Crippen molar-refractivity contribution < 1.29 is 23.8 Å². The van der Waals surface area contributed by atoms with E-state index in [2.05, 4.69) is 10.3 Å². The lowest BCUT2D eigenvalue weighted by Crippen LogP contribution is -2.34. The highest BCUT2D eigenvalue weighted by Crippen LogP contribution is 2.27. The summed E-state index contributed by atoms with van der Waals surface area (Å²) in [5, 5.41) is 2.96. The summed E-state index contributed by atoms with van der Waals surface area (Å²) < 4.78 is 16.9. The van der Waals surface area contributed by atoms with Gasteiger partial charge in [-0.05, 0) is 24.6 Å². The lowest BCUT2D eigenvalue weighted by Gasteiger charge is -2.07. The SMILES string of the molecule is COCCNC(=O)Cn1cnc2sc(C(=O)OCCOc3ccccc3)c(C)c2c1=O. The van der Waals surface area contributed by atoms with E-state index in [1.807, 2.05) is 30.3 Å². The van der Waals surface area contributed by atoms with Gasteiger partial charge in [-0.3, -0.25) is 14.2 Å². The number of nitrogens with zero attached hydrogens (tertiary/aromatic N) is 2. The van der Waals surface area contributed by atoms with Crippen LogP contribution in [0.5, 0.6) is 5.75 Å². The van der Waals surface area contributed by atoms with Gasteiger partial charge in [-0.15, -0.1) is 11.3 Å². The standard InChI is InChI=1S/C21H23N3O6S/c1-14-17-19(23-13-24(20(17)26)12-16(25)22-8-9-28-2)31-18(14)21(27)30-11-10-29-15-6-4-3-5-7-15/h3-7,13H,8-12H2,1-2H3,(H,22,25). The number of nitrogens with one attached hydrogen (secondary N) is 1. The van der Waals surface area contributed by atoms with Crippen molar-refractivity contribution in [1.82, 2.24) is 14.9 Å². The van der Waals surface area contributed by atoms with E-state index in [1.165, 1.54) is 18.0 Å². The summed E-state index contributed by atoms with van der Waals surface area (Å²) in [6.07, 6.45) is 1.30. The number of benzene rings is 1. The smallest absolute Gasteiger partial charge is 0.348 e. The quantitative estimate of drug-likeness (QED) is 0.374. The van der Waals surface area contributed by atoms with Crippen LogP contribution in [-0.2, 0) is 20.8 Å². The van der Waals surface area contributed by atoms with Gasteiger partial charge >= 0.3 is 5.97 Å². The summed E-state index contributed by atoms with van der Waals surface area (Å²) in [4.78, 5) is 42.3. The van der Waals surface area contributed by atoms with Gasteiger partial charge in [0.15, 0.2) is 0 Å². The molecule has 0 aliphatic heterocycles. The number of thiophene rings is 1. The average molecular weight is 445 g/mol. The van der Waals surface area contributed by atoms with Crippen molar-refractivity contribution in [3.63, 3.8) is 0 Å². The number of hydrogen-bond donors (Lipinski definition) is 1. The van der Waals surface area contributed by atoms with Crippen LogP contribution in [0.1, 0.15) is 15.2 Å². The van der Waals surface area contributed by atoms with Crippen LogP contribution in [0, 0.1) is 6.92 Å². The van der Waals surface area contributed by atoms with Gasteiger partial charge in [-0.25, -0.2) is 9.78 Å². The largest absolute Gasteiger partial charge is 0.490 e. The third-order valence-corrected chi connectivity index (χ3v) is 5.55. The molecule has 9 nitrogen and oxygen atoms in total. The van der Waals surface area contributed by atoms with Gasteiger partial charge in [-0.1, -0.05) is 18.2 Å². The molecule has 2 heterocycles. The molecular formula is C21H23N3O6S. The van der Waals surface area contributed by atoms with Crippen LogP contribution >= 0.6 is 11.3 Å². The predicted octanol–water partition coefficient (Wildman–Crippen LogP) is 1.76. The van der Waals surface area contributed by atoms with Crippen molar-refractivity contribution in [2.24, 2.45) is 0 Å². The lowest BCUT2D eigenvalue weighted by molar-refractivity contribution is -0.121. The number of aromatic nitrogens is 2. The number of methoxy groups -OCH3 is 1. The third kappa shape index (κ3) is 5.68. The molecule has 164 valence electrons. The van der Waals surface area contributed by atoms with Gasteiger partial charge in [0.05, 0.1) is 18.3 Å². The van der Waals surface area contributed by atoms with E-state index in [9.17, 15) is 14.4 Å². The summed E-state index contributed by atoms with van der Waals surface area (Å²) in [5.74, 6) is -0.181. The summed E-state index contributed by atoms with van der Waals surface area (Å²) in [6, 6.07) is 9.21. The van der Waals surface area contributed by atoms with E-state index in [0.29, 0.717) is 39.6 Å². The Hall–Kier alpha value is -3.24. The third-order valence-electron chi connectivity index (χ3n) is 4.37. The van der Waals surface area contributed by atoms with E-state index in [1.54, 1.807) is 6.92 Å². The minimum atomic E-state index is -0.541. The van der Waals surface area contributed by atoms with Crippen molar-refractivity contribution in [3.8, 4) is 5.75 Å². The van der Waals surface area contributed by atoms with Crippen molar-refractivity contribution in [3.05, 3.63) is 57.5 Å². The Kier molecular flexibility index (Phi) is 7.74. The minimum Gasteiger partial charge on any atom is -0.490 e. The number of carbonyl (C=O) groups excluding carboxylic acids is 2. The van der Waals surface area contributed by atoms with Crippen molar-refractivity contribution >= 4 is 33.4 Å². The van der Waals surface area contributed by atoms with Crippen LogP contribution in [0.25, 0.3) is 10.2 Å². The highest BCUT2D eigenvalue weighted by molar-refractivity contribution is 7.20. The molecule has 10 heteroatoms. The second kappa shape index (κ2) is 10.7. The topological polar surface area (TPSA) is 109 Å². The van der Waals surface area contributed by atoms with Crippen LogP contribution < -0.4 is 15.6 Å². The molecule has 0 atom stereocenters. The zero-order valence-electron chi connectivity index (χ0n) is 17.3. The van der Waals surface area contributed by atoms with E-state index in [-0.39, 0.29) is 31.2 Å². The van der Waals surface area contributed by atoms with Crippen LogP contribution in [0.2, 0.25) is 0 Å². The number of fused-ring (bicyclic) bond motifs is 1. The van der Waals surface area contributed by atoms with Gasteiger partial charge < -0.3 is 19.5 Å². The zero-order valence-corrected chi connectivity index (χ0v) is 18.1. The Labute approximate surface area is 182 Å². The first-order valence-electron chi connectivity index (χ1n) is 9.60. The molecule has 31 heavy (non-hydrogen) atoms. The molecule has 1 N–H and O–H groups in total. The number of rotatable bonds is 10. The summed E-state index contributed by atoms with van der Waals surface area (Å²) in [6.45, 7) is 2.51. The molecule has 0 aliphatic carbocycles. The molecular weight excluding hydrogens is 422 g/mol. The Balaban J connectivity index is 1.65. The fourth-order valence-electron chi connectivity index (χ4n) is 2.85. The van der Waals surface area contributed by atoms with Crippen LogP contribution in [0.15, 0.2) is 41.5 Å². The second-order valence-electron chi connectivity index (χ2n) is 6.55. The molecule has 0 unspecified atom stereocenters. The first-order chi connectivity index (χ1) is 15.0. The number of amides is 1. The summed E-state index contributed by atoms with van der Waals surface area (Å²) in [5.41, 5.74) is 0.104. The van der Waals surface area contributed by atoms with Gasteiger partial charge in [0.2, 0.25) is 5.91 Å². The van der Waals surface area contributed by atoms with Gasteiger partial charge in [0.1, 0.15) is 35.2 Å². The first-order valence-corrected chi connectivity index (χ1v) is 10.4. The molecule has 0 spiro atoms. The summed E-state index contributed by atoms with van der Waals surface area (Å²) in [7, 11) is 1.53. The Morgan fingerprint density at radius 2 is 1.94 bits per heavy atom. The number of carbonyl (C=O) groups is 2. The minimum absolute atomic E-state index is 0.0702. The number of esters is 1. The molecule has 0 radical (unpaired) electrons. The van der Waals surface area contributed by atoms with Crippen molar-refractivity contribution in [2.75, 3.05) is 33.5 Å². The van der Waals surface area contributed by atoms with Gasteiger partial charge in [0.25, 0.3) is 5.56 Å².